The van der Waals surface area contributed by atoms with Crippen LogP contribution in [0.15, 0.2) is 70.9 Å². The quantitative estimate of drug-likeness (QED) is 0.243. The first-order valence-corrected chi connectivity index (χ1v) is 14.7. The van der Waals surface area contributed by atoms with Crippen molar-refractivity contribution in [3.8, 4) is 22.6 Å². The van der Waals surface area contributed by atoms with E-state index in [1.165, 1.54) is 0 Å². The van der Waals surface area contributed by atoms with E-state index in [0.29, 0.717) is 35.5 Å². The van der Waals surface area contributed by atoms with Gasteiger partial charge >= 0.3 is 0 Å². The van der Waals surface area contributed by atoms with Crippen LogP contribution in [0.4, 0.5) is 0 Å². The molecule has 2 heterocycles. The van der Waals surface area contributed by atoms with Gasteiger partial charge in [0, 0.05) is 49.6 Å². The van der Waals surface area contributed by atoms with E-state index in [9.17, 15) is 10.2 Å². The molecule has 6 rings (SSSR count). The van der Waals surface area contributed by atoms with Gasteiger partial charge in [-0.3, -0.25) is 10.0 Å². The number of aromatic hydroxyl groups is 2. The van der Waals surface area contributed by atoms with Crippen LogP contribution >= 0.6 is 0 Å². The number of ether oxygens (including phenoxy) is 2. The smallest absolute Gasteiger partial charge is 0.133 e. The van der Waals surface area contributed by atoms with Crippen molar-refractivity contribution in [1.29, 1.82) is 0 Å². The summed E-state index contributed by atoms with van der Waals surface area (Å²) in [5.41, 5.74) is 2.33. The van der Waals surface area contributed by atoms with Gasteiger partial charge in [0.25, 0.3) is 0 Å². The molecule has 0 aliphatic carbocycles. The number of phenolic OH excluding ortho intramolecular Hbond substituents is 2. The minimum atomic E-state index is 0.0779. The lowest BCUT2D eigenvalue weighted by Crippen LogP contribution is -2.28. The summed E-state index contributed by atoms with van der Waals surface area (Å²) in [5, 5.41) is 40.9. The molecule has 2 aliphatic rings. The number of hydrazone groups is 2. The molecule has 2 fully saturated rings. The molecule has 0 aromatic heterocycles. The van der Waals surface area contributed by atoms with Crippen LogP contribution in [-0.2, 0) is 9.47 Å². The molecule has 218 valence electrons. The van der Waals surface area contributed by atoms with E-state index in [0.717, 1.165) is 60.3 Å². The van der Waals surface area contributed by atoms with Crippen molar-refractivity contribution >= 4 is 34.0 Å². The second kappa shape index (κ2) is 12.4. The van der Waals surface area contributed by atoms with E-state index in [4.69, 9.17) is 19.7 Å². The first-order valence-electron chi connectivity index (χ1n) is 14.7. The lowest BCUT2D eigenvalue weighted by Gasteiger charge is -2.21. The molecule has 0 spiro atoms. The van der Waals surface area contributed by atoms with E-state index >= 15 is 0 Å². The Morgan fingerprint density at radius 2 is 1.14 bits per heavy atom. The van der Waals surface area contributed by atoms with Gasteiger partial charge in [-0.15, -0.1) is 0 Å². The van der Waals surface area contributed by atoms with Gasteiger partial charge in [-0.25, -0.2) is 0 Å². The number of hydrogen-bond donors (Lipinski definition) is 2. The van der Waals surface area contributed by atoms with E-state index < -0.39 is 0 Å². The van der Waals surface area contributed by atoms with Crippen molar-refractivity contribution in [2.45, 2.75) is 37.8 Å². The highest BCUT2D eigenvalue weighted by molar-refractivity contribution is 6.14. The molecule has 0 bridgehead atoms. The summed E-state index contributed by atoms with van der Waals surface area (Å²) in [6.45, 7) is 2.93. The van der Waals surface area contributed by atoms with Crippen LogP contribution in [0, 0.1) is 0 Å². The molecule has 0 radical (unpaired) electrons. The predicted molar refractivity (Wildman–Crippen MR) is 169 cm³/mol. The van der Waals surface area contributed by atoms with Crippen LogP contribution in [-0.4, -0.2) is 85.3 Å². The zero-order valence-corrected chi connectivity index (χ0v) is 24.2. The van der Waals surface area contributed by atoms with Gasteiger partial charge in [0.05, 0.1) is 37.7 Å². The van der Waals surface area contributed by atoms with Crippen LogP contribution < -0.4 is 0 Å². The standard InChI is InChI=1S/C34H38N4O4/c1-41-21-27-11-7-15-37(27)35-19-25-17-23-9-3-5-13-29(23)31(33(25)39)32-30-14-6-4-10-24(30)18-26(34(32)40)20-36-38-16-8-12-28(38)22-42-2/h3-6,9-10,13-14,17-20,27-28,39-40H,7-8,11-12,15-16,21-22H2,1-2H3/b35-19+,36-20+/t27-,28-/m0/s1. The first-order chi connectivity index (χ1) is 20.6. The average molecular weight is 567 g/mol. The number of hydrogen-bond acceptors (Lipinski definition) is 8. The molecule has 8 nitrogen and oxygen atoms in total. The van der Waals surface area contributed by atoms with E-state index in [1.807, 2.05) is 70.7 Å². The average Bonchev–Trinajstić information content (AvgIpc) is 3.65. The van der Waals surface area contributed by atoms with Crippen molar-refractivity contribution < 1.29 is 19.7 Å². The van der Waals surface area contributed by atoms with Crippen LogP contribution in [0.25, 0.3) is 32.7 Å². The minimum absolute atomic E-state index is 0.0779. The van der Waals surface area contributed by atoms with Crippen LogP contribution in [0.2, 0.25) is 0 Å². The maximum Gasteiger partial charge on any atom is 0.133 e. The summed E-state index contributed by atoms with van der Waals surface area (Å²) in [6.07, 6.45) is 7.62. The summed E-state index contributed by atoms with van der Waals surface area (Å²) in [4.78, 5) is 0. The molecule has 0 amide bonds. The van der Waals surface area contributed by atoms with Gasteiger partial charge in [0.2, 0.25) is 0 Å². The maximum absolute atomic E-state index is 11.9. The largest absolute Gasteiger partial charge is 0.507 e. The normalized spacial score (nSPS) is 19.4. The molecular weight excluding hydrogens is 528 g/mol. The number of rotatable bonds is 9. The highest BCUT2D eigenvalue weighted by Gasteiger charge is 2.25. The van der Waals surface area contributed by atoms with E-state index in [1.54, 1.807) is 26.6 Å². The topological polar surface area (TPSA) is 90.1 Å². The summed E-state index contributed by atoms with van der Waals surface area (Å²) in [5.74, 6) is 0.156. The van der Waals surface area contributed by atoms with Gasteiger partial charge < -0.3 is 19.7 Å². The lowest BCUT2D eigenvalue weighted by molar-refractivity contribution is 0.118. The Kier molecular flexibility index (Phi) is 8.26. The fraction of sp³-hybridized carbons (Fsp3) is 0.353. The molecule has 2 atom stereocenters. The third-order valence-electron chi connectivity index (χ3n) is 8.45. The molecule has 42 heavy (non-hydrogen) atoms. The summed E-state index contributed by atoms with van der Waals surface area (Å²) in [6, 6.07) is 20.2. The molecular formula is C34H38N4O4. The van der Waals surface area contributed by atoms with Gasteiger partial charge in [0.1, 0.15) is 11.5 Å². The zero-order chi connectivity index (χ0) is 29.1. The van der Waals surface area contributed by atoms with Gasteiger partial charge in [-0.1, -0.05) is 48.5 Å². The molecule has 0 unspecified atom stereocenters. The highest BCUT2D eigenvalue weighted by Crippen LogP contribution is 2.47. The number of methoxy groups -OCH3 is 2. The van der Waals surface area contributed by atoms with Gasteiger partial charge in [-0.05, 0) is 59.4 Å². The third kappa shape index (κ3) is 5.40. The van der Waals surface area contributed by atoms with Crippen molar-refractivity contribution in [1.82, 2.24) is 10.0 Å². The third-order valence-corrected chi connectivity index (χ3v) is 8.45. The first kappa shape index (κ1) is 28.0. The van der Waals surface area contributed by atoms with Crippen LogP contribution in [0.5, 0.6) is 11.5 Å². The van der Waals surface area contributed by atoms with Crippen LogP contribution in [0.1, 0.15) is 36.8 Å². The minimum Gasteiger partial charge on any atom is -0.507 e. The molecule has 4 aromatic rings. The molecule has 2 saturated heterocycles. The molecule has 0 saturated carbocycles. The summed E-state index contributed by atoms with van der Waals surface area (Å²) >= 11 is 0. The maximum atomic E-state index is 11.9. The number of phenols is 2. The Bertz CT molecular complexity index is 1510. The number of fused-ring (bicyclic) bond motifs is 2. The van der Waals surface area contributed by atoms with Gasteiger partial charge in [0.15, 0.2) is 0 Å². The van der Waals surface area contributed by atoms with Crippen LogP contribution in [0.3, 0.4) is 0 Å². The Hall–Kier alpha value is -4.14. The van der Waals surface area contributed by atoms with Gasteiger partial charge in [-0.2, -0.15) is 10.2 Å². The number of benzene rings is 4. The fourth-order valence-electron chi connectivity index (χ4n) is 6.36. The highest BCUT2D eigenvalue weighted by atomic mass is 16.5. The number of nitrogens with zero attached hydrogens (tertiary/aromatic N) is 4. The molecule has 2 N–H and O–H groups in total. The monoisotopic (exact) mass is 566 g/mol. The van der Waals surface area contributed by atoms with Crippen molar-refractivity contribution in [2.75, 3.05) is 40.5 Å². The van der Waals surface area contributed by atoms with Crippen molar-refractivity contribution in [3.63, 3.8) is 0 Å². The lowest BCUT2D eigenvalue weighted by atomic mass is 9.89. The second-order valence-corrected chi connectivity index (χ2v) is 11.1. The molecule has 4 aromatic carbocycles. The van der Waals surface area contributed by atoms with E-state index in [-0.39, 0.29) is 23.6 Å². The Morgan fingerprint density at radius 3 is 1.57 bits per heavy atom. The predicted octanol–water partition coefficient (Wildman–Crippen LogP) is 5.96. The SMILES string of the molecule is COC[C@@H]1CCCN1/N=C/c1cc2ccccc2c(-c2c(O)c(/C=N/N3CCC[C@H]3COC)cc3ccccc23)c1O. The molecule has 2 aliphatic heterocycles. The second-order valence-electron chi connectivity index (χ2n) is 11.1. The molecule has 8 heteroatoms. The fourth-order valence-corrected chi connectivity index (χ4v) is 6.36. The Labute approximate surface area is 246 Å². The summed E-state index contributed by atoms with van der Waals surface area (Å²) in [7, 11) is 3.42. The zero-order valence-electron chi connectivity index (χ0n) is 24.2. The van der Waals surface area contributed by atoms with Crippen molar-refractivity contribution in [2.24, 2.45) is 10.2 Å². The summed E-state index contributed by atoms with van der Waals surface area (Å²) < 4.78 is 10.8. The Morgan fingerprint density at radius 1 is 0.714 bits per heavy atom. The Balaban J connectivity index is 1.50. The van der Waals surface area contributed by atoms with Crippen molar-refractivity contribution in [3.05, 3.63) is 71.8 Å². The van der Waals surface area contributed by atoms with E-state index in [2.05, 4.69) is 0 Å².